The summed E-state index contributed by atoms with van der Waals surface area (Å²) in [4.78, 5) is 0. The van der Waals surface area contributed by atoms with Crippen LogP contribution in [0.4, 0.5) is 0 Å². The molecule has 0 aromatic carbocycles. The first-order chi connectivity index (χ1) is 16.6. The number of hydrogen-bond donors (Lipinski definition) is 0. The second kappa shape index (κ2) is 27.8. The molecule has 0 heterocycles. The van der Waals surface area contributed by atoms with E-state index in [4.69, 9.17) is 0 Å². The van der Waals surface area contributed by atoms with Crippen LogP contribution in [-0.4, -0.2) is 8.07 Å². The summed E-state index contributed by atoms with van der Waals surface area (Å²) in [5.74, 6) is 0. The molecule has 205 valence electrons. The van der Waals surface area contributed by atoms with Gasteiger partial charge in [-0.3, -0.25) is 0 Å². The molecule has 0 saturated carbocycles. The largest absolute Gasteiger partial charge is 0.0693 e. The second-order valence-electron chi connectivity index (χ2n) is 12.6. The average molecular weight is 494 g/mol. The molecule has 0 aromatic heterocycles. The molecule has 34 heavy (non-hydrogen) atoms. The normalized spacial score (nSPS) is 12.0. The monoisotopic (exact) mass is 494 g/mol. The third kappa shape index (κ3) is 32.2. The smallest absolute Gasteiger partial charge is 0.0473 e. The van der Waals surface area contributed by atoms with Crippen molar-refractivity contribution >= 4 is 8.07 Å². The Hall–Kier alpha value is 0.217. The molecule has 0 fully saturated rings. The minimum absolute atomic E-state index is 0.904. The third-order valence-electron chi connectivity index (χ3n) is 7.56. The summed E-state index contributed by atoms with van der Waals surface area (Å²) >= 11 is 0. The minimum atomic E-state index is -0.904. The van der Waals surface area contributed by atoms with Gasteiger partial charge in [0.1, 0.15) is 0 Å². The predicted octanol–water partition coefficient (Wildman–Crippen LogP) is 13.0. The molecule has 0 aliphatic carbocycles. The molecule has 0 atom stereocenters. The van der Waals surface area contributed by atoms with E-state index in [9.17, 15) is 0 Å². The van der Waals surface area contributed by atoms with Gasteiger partial charge in [0.05, 0.1) is 0 Å². The van der Waals surface area contributed by atoms with E-state index in [1.165, 1.54) is 180 Å². The Labute approximate surface area is 220 Å². The molecule has 0 bridgehead atoms. The van der Waals surface area contributed by atoms with Gasteiger partial charge in [0.2, 0.25) is 0 Å². The van der Waals surface area contributed by atoms with Crippen molar-refractivity contribution in [3.8, 4) is 0 Å². The molecule has 1 radical (unpaired) electrons. The van der Waals surface area contributed by atoms with Crippen LogP contribution in [0.3, 0.4) is 0 Å². The highest BCUT2D eigenvalue weighted by molar-refractivity contribution is 6.79. The number of unbranched alkanes of at least 4 members (excludes halogenated alkanes) is 27. The van der Waals surface area contributed by atoms with E-state index in [2.05, 4.69) is 32.6 Å². The van der Waals surface area contributed by atoms with Gasteiger partial charge >= 0.3 is 0 Å². The molecule has 0 spiro atoms. The fourth-order valence-electron chi connectivity index (χ4n) is 5.17. The molecule has 0 rings (SSSR count). The number of rotatable bonds is 29. The summed E-state index contributed by atoms with van der Waals surface area (Å²) < 4.78 is 0. The Morgan fingerprint density at radius 3 is 0.735 bits per heavy atom. The zero-order chi connectivity index (χ0) is 25.0. The molecular weight excluding hydrogens is 424 g/mol. The van der Waals surface area contributed by atoms with E-state index in [1.54, 1.807) is 0 Å². The van der Waals surface area contributed by atoms with Crippen LogP contribution in [0.5, 0.6) is 0 Å². The van der Waals surface area contributed by atoms with Gasteiger partial charge in [0.15, 0.2) is 0 Å². The molecule has 1 heteroatoms. The number of hydrogen-bond acceptors (Lipinski definition) is 0. The molecule has 0 saturated heterocycles. The Morgan fingerprint density at radius 2 is 0.529 bits per heavy atom. The fourth-order valence-corrected chi connectivity index (χ4v) is 6.24. The summed E-state index contributed by atoms with van der Waals surface area (Å²) in [7, 11) is -0.904. The molecule has 0 unspecified atom stereocenters. The first-order valence-electron chi connectivity index (χ1n) is 16.4. The fraction of sp³-hybridized carbons (Fsp3) is 0.970. The van der Waals surface area contributed by atoms with Crippen molar-refractivity contribution in [1.29, 1.82) is 0 Å². The van der Waals surface area contributed by atoms with Crippen LogP contribution in [0.1, 0.15) is 187 Å². The molecule has 0 aromatic rings. The lowest BCUT2D eigenvalue weighted by Gasteiger charge is -2.14. The maximum absolute atomic E-state index is 2.63. The van der Waals surface area contributed by atoms with Gasteiger partial charge < -0.3 is 0 Å². The molecule has 0 aliphatic rings. The summed E-state index contributed by atoms with van der Waals surface area (Å²) in [6.07, 6.45) is 41.3. The Kier molecular flexibility index (Phi) is 28.0. The van der Waals surface area contributed by atoms with Crippen molar-refractivity contribution in [1.82, 2.24) is 0 Å². The Balaban J connectivity index is 3.03. The van der Waals surface area contributed by atoms with Crippen LogP contribution in [0.15, 0.2) is 0 Å². The Bertz CT molecular complexity index is 356. The zero-order valence-electron chi connectivity index (χ0n) is 24.9. The SMILES string of the molecule is CCCCCCCCCCCCCCCCCCCCCCCCCCCCC[CH][Si](C)(C)C. The van der Waals surface area contributed by atoms with E-state index in [1.807, 2.05) is 0 Å². The van der Waals surface area contributed by atoms with Gasteiger partial charge in [0.25, 0.3) is 0 Å². The molecular formula is C33H69Si. The quantitative estimate of drug-likeness (QED) is 0.0717. The Morgan fingerprint density at radius 1 is 0.324 bits per heavy atom. The first-order valence-corrected chi connectivity index (χ1v) is 20.0. The molecule has 0 aliphatic heterocycles. The van der Waals surface area contributed by atoms with Gasteiger partial charge in [-0.25, -0.2) is 0 Å². The van der Waals surface area contributed by atoms with Crippen molar-refractivity contribution in [2.45, 2.75) is 206 Å². The highest BCUT2D eigenvalue weighted by atomic mass is 28.3. The molecule has 0 N–H and O–H groups in total. The van der Waals surface area contributed by atoms with Crippen LogP contribution in [-0.2, 0) is 0 Å². The lowest BCUT2D eigenvalue weighted by molar-refractivity contribution is 0.514. The summed E-state index contributed by atoms with van der Waals surface area (Å²) in [5, 5.41) is 0. The van der Waals surface area contributed by atoms with Gasteiger partial charge in [-0.15, -0.1) is 0 Å². The van der Waals surface area contributed by atoms with Crippen molar-refractivity contribution in [2.75, 3.05) is 0 Å². The van der Waals surface area contributed by atoms with Crippen LogP contribution < -0.4 is 0 Å². The molecule has 0 nitrogen and oxygen atoms in total. The van der Waals surface area contributed by atoms with Crippen LogP contribution in [0.25, 0.3) is 0 Å². The topological polar surface area (TPSA) is 0 Å². The lowest BCUT2D eigenvalue weighted by Crippen LogP contribution is -2.20. The van der Waals surface area contributed by atoms with Crippen LogP contribution in [0.2, 0.25) is 19.6 Å². The highest BCUT2D eigenvalue weighted by Gasteiger charge is 2.11. The van der Waals surface area contributed by atoms with Crippen molar-refractivity contribution in [3.05, 3.63) is 6.04 Å². The minimum Gasteiger partial charge on any atom is -0.0693 e. The van der Waals surface area contributed by atoms with Crippen molar-refractivity contribution in [2.24, 2.45) is 0 Å². The van der Waals surface area contributed by atoms with Crippen LogP contribution >= 0.6 is 0 Å². The molecule has 0 amide bonds. The maximum atomic E-state index is 2.63. The van der Waals surface area contributed by atoms with E-state index < -0.39 is 8.07 Å². The average Bonchev–Trinajstić information content (AvgIpc) is 2.80. The van der Waals surface area contributed by atoms with E-state index in [-0.39, 0.29) is 0 Å². The van der Waals surface area contributed by atoms with Crippen LogP contribution in [0, 0.1) is 6.04 Å². The van der Waals surface area contributed by atoms with E-state index in [0.29, 0.717) is 0 Å². The van der Waals surface area contributed by atoms with Gasteiger partial charge in [0, 0.05) is 8.07 Å². The van der Waals surface area contributed by atoms with Gasteiger partial charge in [-0.05, 0) is 6.04 Å². The van der Waals surface area contributed by atoms with Crippen molar-refractivity contribution < 1.29 is 0 Å². The summed E-state index contributed by atoms with van der Waals surface area (Å²) in [6.45, 7) is 9.66. The predicted molar refractivity (Wildman–Crippen MR) is 163 cm³/mol. The maximum Gasteiger partial charge on any atom is 0.0473 e. The summed E-state index contributed by atoms with van der Waals surface area (Å²) in [6, 6.07) is 2.63. The summed E-state index contributed by atoms with van der Waals surface area (Å²) in [5.41, 5.74) is 0. The van der Waals surface area contributed by atoms with E-state index in [0.717, 1.165) is 0 Å². The zero-order valence-corrected chi connectivity index (χ0v) is 25.9. The van der Waals surface area contributed by atoms with Gasteiger partial charge in [-0.2, -0.15) is 0 Å². The van der Waals surface area contributed by atoms with Gasteiger partial charge in [-0.1, -0.05) is 206 Å². The highest BCUT2D eigenvalue weighted by Crippen LogP contribution is 2.17. The lowest BCUT2D eigenvalue weighted by atomic mass is 10.0. The standard InChI is InChI=1S/C33H69Si/c1-5-6-7-8-9-10-11-12-13-14-15-16-17-18-19-20-21-22-23-24-25-26-27-28-29-30-31-32-33-34(2,3)4/h33H,5-32H2,1-4H3. The first kappa shape index (κ1) is 34.2. The second-order valence-corrected chi connectivity index (χ2v) is 17.7. The van der Waals surface area contributed by atoms with Crippen molar-refractivity contribution in [3.63, 3.8) is 0 Å². The third-order valence-corrected chi connectivity index (χ3v) is 9.08. The van der Waals surface area contributed by atoms with E-state index >= 15 is 0 Å².